The fourth-order valence-electron chi connectivity index (χ4n) is 1.05. The van der Waals surface area contributed by atoms with Crippen molar-refractivity contribution in [2.75, 3.05) is 5.75 Å². The summed E-state index contributed by atoms with van der Waals surface area (Å²) in [6.07, 6.45) is -1.31. The highest BCUT2D eigenvalue weighted by Gasteiger charge is 2.18. The summed E-state index contributed by atoms with van der Waals surface area (Å²) in [6, 6.07) is 5.95. The molecular weight excluding hydrogens is 228 g/mol. The highest BCUT2D eigenvalue weighted by Crippen LogP contribution is 2.25. The molecule has 0 radical (unpaired) electrons. The van der Waals surface area contributed by atoms with Gasteiger partial charge in [0.15, 0.2) is 0 Å². The molecule has 0 aliphatic rings. The van der Waals surface area contributed by atoms with E-state index in [1.807, 2.05) is 0 Å². The molecule has 0 aliphatic heterocycles. The molecule has 1 unspecified atom stereocenters. The molecule has 0 fully saturated rings. The van der Waals surface area contributed by atoms with Gasteiger partial charge in [-0.25, -0.2) is 8.42 Å². The number of rotatable bonds is 3. The summed E-state index contributed by atoms with van der Waals surface area (Å²) in [5, 5.41) is 18.7. The Morgan fingerprint density at radius 2 is 1.93 bits per heavy atom. The van der Waals surface area contributed by atoms with Gasteiger partial charge in [-0.2, -0.15) is 0 Å². The van der Waals surface area contributed by atoms with Crippen molar-refractivity contribution in [3.05, 3.63) is 29.8 Å². The van der Waals surface area contributed by atoms with E-state index in [1.54, 1.807) is 12.1 Å². The van der Waals surface area contributed by atoms with Gasteiger partial charge in [-0.05, 0) is 6.07 Å². The predicted molar refractivity (Wildman–Crippen MR) is 52.7 cm³/mol. The minimum Gasteiger partial charge on any atom is -0.508 e. The lowest BCUT2D eigenvalue weighted by Gasteiger charge is -2.09. The molecule has 1 rings (SSSR count). The van der Waals surface area contributed by atoms with Crippen LogP contribution < -0.4 is 0 Å². The van der Waals surface area contributed by atoms with Crippen molar-refractivity contribution in [2.24, 2.45) is 0 Å². The quantitative estimate of drug-likeness (QED) is 0.768. The van der Waals surface area contributed by atoms with Crippen LogP contribution in [0.1, 0.15) is 11.7 Å². The summed E-state index contributed by atoms with van der Waals surface area (Å²) in [5.74, 6) is -0.771. The smallest absolute Gasteiger partial charge is 0.235 e. The van der Waals surface area contributed by atoms with E-state index in [2.05, 4.69) is 0 Å². The molecule has 0 amide bonds. The van der Waals surface area contributed by atoms with E-state index in [9.17, 15) is 18.6 Å². The fourth-order valence-corrected chi connectivity index (χ4v) is 1.96. The van der Waals surface area contributed by atoms with Crippen LogP contribution in [0.25, 0.3) is 0 Å². The Balaban J connectivity index is 2.90. The van der Waals surface area contributed by atoms with E-state index in [0.717, 1.165) is 0 Å². The van der Waals surface area contributed by atoms with Crippen LogP contribution in [0.4, 0.5) is 0 Å². The first-order valence-electron chi connectivity index (χ1n) is 3.78. The maximum absolute atomic E-state index is 10.7. The Bertz CT molecular complexity index is 415. The van der Waals surface area contributed by atoms with Gasteiger partial charge in [-0.15, -0.1) is 0 Å². The van der Waals surface area contributed by atoms with Crippen molar-refractivity contribution >= 4 is 19.7 Å². The van der Waals surface area contributed by atoms with Gasteiger partial charge in [-0.3, -0.25) is 0 Å². The van der Waals surface area contributed by atoms with E-state index in [4.69, 9.17) is 10.7 Å². The van der Waals surface area contributed by atoms with Gasteiger partial charge in [0.25, 0.3) is 0 Å². The summed E-state index contributed by atoms with van der Waals surface area (Å²) in [4.78, 5) is 0. The Morgan fingerprint density at radius 3 is 2.43 bits per heavy atom. The minimum absolute atomic E-state index is 0.150. The summed E-state index contributed by atoms with van der Waals surface area (Å²) < 4.78 is 21.3. The maximum Gasteiger partial charge on any atom is 0.235 e. The first-order valence-corrected chi connectivity index (χ1v) is 6.26. The van der Waals surface area contributed by atoms with Gasteiger partial charge in [0.05, 0.1) is 11.9 Å². The molecule has 0 aromatic heterocycles. The number of halogens is 1. The van der Waals surface area contributed by atoms with Crippen LogP contribution in [0.5, 0.6) is 5.75 Å². The third-order valence-corrected chi connectivity index (χ3v) is 2.74. The molecule has 1 atom stereocenters. The molecule has 6 heteroatoms. The zero-order valence-electron chi connectivity index (χ0n) is 7.09. The van der Waals surface area contributed by atoms with Crippen LogP contribution in [0.3, 0.4) is 0 Å². The first kappa shape index (κ1) is 11.3. The number of phenolic OH excluding ortho intramolecular Hbond substituents is 1. The van der Waals surface area contributed by atoms with Crippen molar-refractivity contribution in [2.45, 2.75) is 6.10 Å². The SMILES string of the molecule is O=S(=O)(Cl)CC(O)c1ccccc1O. The number of aliphatic hydroxyl groups excluding tert-OH is 1. The van der Waals surface area contributed by atoms with Gasteiger partial charge in [0.2, 0.25) is 9.05 Å². The van der Waals surface area contributed by atoms with E-state index in [0.29, 0.717) is 0 Å². The van der Waals surface area contributed by atoms with Crippen LogP contribution in [0.2, 0.25) is 0 Å². The third-order valence-electron chi connectivity index (χ3n) is 1.65. The normalized spacial score (nSPS) is 13.9. The number of hydrogen-bond donors (Lipinski definition) is 2. The molecule has 1 aromatic carbocycles. The first-order chi connectivity index (χ1) is 6.40. The number of phenols is 1. The molecule has 0 bridgehead atoms. The zero-order chi connectivity index (χ0) is 10.8. The molecule has 0 heterocycles. The third kappa shape index (κ3) is 3.17. The number of benzene rings is 1. The average Bonchev–Trinajstić information content (AvgIpc) is 2.01. The Kier molecular flexibility index (Phi) is 3.36. The molecule has 78 valence electrons. The lowest BCUT2D eigenvalue weighted by atomic mass is 10.1. The molecule has 14 heavy (non-hydrogen) atoms. The number of aromatic hydroxyl groups is 1. The maximum atomic E-state index is 10.7. The molecule has 0 saturated heterocycles. The summed E-state index contributed by atoms with van der Waals surface area (Å²) in [6.45, 7) is 0. The van der Waals surface area contributed by atoms with E-state index in [-0.39, 0.29) is 11.3 Å². The topological polar surface area (TPSA) is 74.6 Å². The lowest BCUT2D eigenvalue weighted by Crippen LogP contribution is -2.09. The van der Waals surface area contributed by atoms with Crippen molar-refractivity contribution < 1.29 is 18.6 Å². The fraction of sp³-hybridized carbons (Fsp3) is 0.250. The number of hydrogen-bond acceptors (Lipinski definition) is 4. The second-order valence-electron chi connectivity index (χ2n) is 2.78. The van der Waals surface area contributed by atoms with Crippen molar-refractivity contribution in [1.29, 1.82) is 0 Å². The van der Waals surface area contributed by atoms with Gasteiger partial charge in [-0.1, -0.05) is 18.2 Å². The highest BCUT2D eigenvalue weighted by molar-refractivity contribution is 8.13. The molecule has 4 nitrogen and oxygen atoms in total. The van der Waals surface area contributed by atoms with Crippen LogP contribution >= 0.6 is 10.7 Å². The van der Waals surface area contributed by atoms with Crippen molar-refractivity contribution in [3.63, 3.8) is 0 Å². The largest absolute Gasteiger partial charge is 0.508 e. The predicted octanol–water partition coefficient (Wildman–Crippen LogP) is 0.994. The van der Waals surface area contributed by atoms with Crippen molar-refractivity contribution in [3.8, 4) is 5.75 Å². The molecular formula is C8H9ClO4S. The van der Waals surface area contributed by atoms with E-state index in [1.165, 1.54) is 12.1 Å². The number of para-hydroxylation sites is 1. The second-order valence-corrected chi connectivity index (χ2v) is 5.60. The zero-order valence-corrected chi connectivity index (χ0v) is 8.66. The lowest BCUT2D eigenvalue weighted by molar-refractivity contribution is 0.198. The van der Waals surface area contributed by atoms with Gasteiger partial charge < -0.3 is 10.2 Å². The highest BCUT2D eigenvalue weighted by atomic mass is 35.7. The van der Waals surface area contributed by atoms with Crippen LogP contribution in [-0.2, 0) is 9.05 Å². The number of aliphatic hydroxyl groups is 1. The molecule has 0 spiro atoms. The summed E-state index contributed by atoms with van der Waals surface area (Å²) in [5.41, 5.74) is 0.150. The van der Waals surface area contributed by atoms with Gasteiger partial charge >= 0.3 is 0 Å². The molecule has 0 aliphatic carbocycles. The summed E-state index contributed by atoms with van der Waals surface area (Å²) in [7, 11) is 1.18. The van der Waals surface area contributed by atoms with Crippen LogP contribution in [-0.4, -0.2) is 24.4 Å². The van der Waals surface area contributed by atoms with E-state index < -0.39 is 20.9 Å². The molecule has 0 saturated carbocycles. The monoisotopic (exact) mass is 236 g/mol. The van der Waals surface area contributed by atoms with Crippen molar-refractivity contribution in [1.82, 2.24) is 0 Å². The Labute approximate surface area is 86.2 Å². The van der Waals surface area contributed by atoms with Gasteiger partial charge in [0, 0.05) is 16.2 Å². The second kappa shape index (κ2) is 4.16. The van der Waals surface area contributed by atoms with Crippen LogP contribution in [0.15, 0.2) is 24.3 Å². The Morgan fingerprint density at radius 1 is 1.36 bits per heavy atom. The molecule has 1 aromatic rings. The van der Waals surface area contributed by atoms with E-state index >= 15 is 0 Å². The van der Waals surface area contributed by atoms with Crippen LogP contribution in [0, 0.1) is 0 Å². The average molecular weight is 237 g/mol. The molecule has 2 N–H and O–H groups in total. The summed E-state index contributed by atoms with van der Waals surface area (Å²) >= 11 is 0. The minimum atomic E-state index is -3.78. The Hall–Kier alpha value is -0.780. The standard InChI is InChI=1S/C8H9ClO4S/c9-14(12,13)5-8(11)6-3-1-2-4-7(6)10/h1-4,8,10-11H,5H2. The van der Waals surface area contributed by atoms with Gasteiger partial charge in [0.1, 0.15) is 5.75 Å².